The minimum Gasteiger partial charge on any atom is -0.487 e. The summed E-state index contributed by atoms with van der Waals surface area (Å²) in [6.45, 7) is 2.81. The number of ether oxygens (including phenoxy) is 1. The fourth-order valence-corrected chi connectivity index (χ4v) is 2.75. The summed E-state index contributed by atoms with van der Waals surface area (Å²) in [7, 11) is 0. The van der Waals surface area contributed by atoms with Crippen molar-refractivity contribution < 1.29 is 19.0 Å². The number of aromatic nitrogens is 1. The predicted octanol–water partition coefficient (Wildman–Crippen LogP) is 4.08. The van der Waals surface area contributed by atoms with Crippen molar-refractivity contribution in [3.05, 3.63) is 65.6 Å². The van der Waals surface area contributed by atoms with Crippen LogP contribution in [0.1, 0.15) is 23.0 Å². The molecule has 0 spiro atoms. The predicted molar refractivity (Wildman–Crippen MR) is 85.3 cm³/mol. The molecule has 3 rings (SSSR count). The van der Waals surface area contributed by atoms with E-state index in [0.29, 0.717) is 17.8 Å². The molecular weight excluding hydrogens is 297 g/mol. The number of rotatable bonds is 5. The molecular formula is C18H16FNO3. The second-order valence-electron chi connectivity index (χ2n) is 5.17. The Morgan fingerprint density at radius 1 is 1.22 bits per heavy atom. The zero-order chi connectivity index (χ0) is 16.4. The Bertz CT molecular complexity index is 870. The van der Waals surface area contributed by atoms with Gasteiger partial charge in [-0.15, -0.1) is 0 Å². The topological polar surface area (TPSA) is 51.5 Å². The smallest absolute Gasteiger partial charge is 0.337 e. The van der Waals surface area contributed by atoms with Gasteiger partial charge in [-0.1, -0.05) is 18.2 Å². The lowest BCUT2D eigenvalue weighted by Crippen LogP contribution is -2.07. The molecule has 0 aliphatic heterocycles. The maximum absolute atomic E-state index is 13.2. The van der Waals surface area contributed by atoms with E-state index in [-0.39, 0.29) is 18.0 Å². The van der Waals surface area contributed by atoms with E-state index in [1.54, 1.807) is 24.3 Å². The zero-order valence-electron chi connectivity index (χ0n) is 12.6. The summed E-state index contributed by atoms with van der Waals surface area (Å²) in [5.41, 5.74) is 1.79. The van der Waals surface area contributed by atoms with Crippen molar-refractivity contribution in [3.63, 3.8) is 0 Å². The van der Waals surface area contributed by atoms with Gasteiger partial charge in [0.2, 0.25) is 0 Å². The number of aromatic carboxylic acids is 1. The second-order valence-corrected chi connectivity index (χ2v) is 5.17. The van der Waals surface area contributed by atoms with Crippen LogP contribution in [0.2, 0.25) is 0 Å². The largest absolute Gasteiger partial charge is 0.487 e. The van der Waals surface area contributed by atoms with Crippen LogP contribution in [0.3, 0.4) is 0 Å². The van der Waals surface area contributed by atoms with Crippen LogP contribution >= 0.6 is 0 Å². The lowest BCUT2D eigenvalue weighted by Gasteiger charge is -2.11. The van der Waals surface area contributed by atoms with Gasteiger partial charge < -0.3 is 14.4 Å². The molecule has 1 N–H and O–H groups in total. The number of carbonyl (C=O) groups is 1. The molecule has 1 heterocycles. The lowest BCUT2D eigenvalue weighted by molar-refractivity contribution is 0.0698. The zero-order valence-corrected chi connectivity index (χ0v) is 12.6. The van der Waals surface area contributed by atoms with Crippen LogP contribution in [0.25, 0.3) is 10.9 Å². The van der Waals surface area contributed by atoms with E-state index in [0.717, 1.165) is 11.1 Å². The average molecular weight is 313 g/mol. The van der Waals surface area contributed by atoms with Crippen LogP contribution in [0.15, 0.2) is 48.5 Å². The molecule has 0 bridgehead atoms. The minimum absolute atomic E-state index is 0.241. The first kappa shape index (κ1) is 15.1. The van der Waals surface area contributed by atoms with Crippen LogP contribution < -0.4 is 4.74 Å². The van der Waals surface area contributed by atoms with E-state index >= 15 is 0 Å². The highest BCUT2D eigenvalue weighted by Crippen LogP contribution is 2.25. The third-order valence-corrected chi connectivity index (χ3v) is 3.74. The Kier molecular flexibility index (Phi) is 4.02. The fourth-order valence-electron chi connectivity index (χ4n) is 2.75. The number of hydrogen-bond donors (Lipinski definition) is 1. The summed E-state index contributed by atoms with van der Waals surface area (Å²) in [6.07, 6.45) is 0. The summed E-state index contributed by atoms with van der Waals surface area (Å²) in [6, 6.07) is 13.0. The van der Waals surface area contributed by atoms with Crippen LogP contribution in [0.4, 0.5) is 4.39 Å². The average Bonchev–Trinajstić information content (AvgIpc) is 2.90. The van der Waals surface area contributed by atoms with Crippen molar-refractivity contribution >= 4 is 16.9 Å². The lowest BCUT2D eigenvalue weighted by atomic mass is 10.1. The monoisotopic (exact) mass is 313 g/mol. The van der Waals surface area contributed by atoms with Gasteiger partial charge in [0.05, 0.1) is 16.8 Å². The number of carboxylic acid groups (broad SMARTS) is 1. The van der Waals surface area contributed by atoms with Gasteiger partial charge in [0, 0.05) is 18.0 Å². The highest BCUT2D eigenvalue weighted by atomic mass is 19.1. The van der Waals surface area contributed by atoms with Crippen LogP contribution in [-0.2, 0) is 13.2 Å². The van der Waals surface area contributed by atoms with Crippen molar-refractivity contribution in [1.29, 1.82) is 0 Å². The molecule has 0 radical (unpaired) electrons. The molecule has 0 atom stereocenters. The number of para-hydroxylation sites is 1. The Hall–Kier alpha value is -2.82. The summed E-state index contributed by atoms with van der Waals surface area (Å²) >= 11 is 0. The Balaban J connectivity index is 1.98. The van der Waals surface area contributed by atoms with Gasteiger partial charge in [-0.2, -0.15) is 0 Å². The molecule has 0 saturated heterocycles. The van der Waals surface area contributed by atoms with E-state index in [2.05, 4.69) is 0 Å². The SMILES string of the molecule is CCn1c(COc2cccc(F)c2)cc2cccc(C(=O)O)c21. The van der Waals surface area contributed by atoms with Crippen molar-refractivity contribution in [1.82, 2.24) is 4.57 Å². The fraction of sp³-hybridized carbons (Fsp3) is 0.167. The summed E-state index contributed by atoms with van der Waals surface area (Å²) in [5, 5.41) is 10.2. The normalized spacial score (nSPS) is 10.9. The van der Waals surface area contributed by atoms with Gasteiger partial charge in [-0.3, -0.25) is 0 Å². The van der Waals surface area contributed by atoms with E-state index in [9.17, 15) is 14.3 Å². The highest BCUT2D eigenvalue weighted by molar-refractivity contribution is 6.02. The minimum atomic E-state index is -0.957. The van der Waals surface area contributed by atoms with Crippen molar-refractivity contribution in [2.24, 2.45) is 0 Å². The van der Waals surface area contributed by atoms with Crippen LogP contribution in [0, 0.1) is 5.82 Å². The van der Waals surface area contributed by atoms with Crippen molar-refractivity contribution in [2.45, 2.75) is 20.1 Å². The Labute approximate surface area is 132 Å². The number of hydrogen-bond acceptors (Lipinski definition) is 2. The van der Waals surface area contributed by atoms with Crippen LogP contribution in [-0.4, -0.2) is 15.6 Å². The van der Waals surface area contributed by atoms with E-state index in [1.165, 1.54) is 12.1 Å². The molecule has 0 aliphatic rings. The number of fused-ring (bicyclic) bond motifs is 1. The summed E-state index contributed by atoms with van der Waals surface area (Å²) in [5.74, 6) is -0.871. The van der Waals surface area contributed by atoms with Gasteiger partial charge >= 0.3 is 5.97 Å². The third-order valence-electron chi connectivity index (χ3n) is 3.74. The van der Waals surface area contributed by atoms with E-state index < -0.39 is 5.97 Å². The molecule has 0 aliphatic carbocycles. The first-order chi connectivity index (χ1) is 11.1. The van der Waals surface area contributed by atoms with E-state index in [4.69, 9.17) is 4.74 Å². The number of halogens is 1. The standard InChI is InChI=1S/C18H16FNO3/c1-2-20-14(11-23-15-7-4-6-13(19)10-15)9-12-5-3-8-16(17(12)20)18(21)22/h3-10H,2,11H2,1H3,(H,21,22). The molecule has 3 aromatic rings. The molecule has 0 unspecified atom stereocenters. The Morgan fingerprint density at radius 3 is 2.70 bits per heavy atom. The molecule has 4 nitrogen and oxygen atoms in total. The molecule has 1 aromatic heterocycles. The maximum Gasteiger partial charge on any atom is 0.337 e. The molecule has 0 fully saturated rings. The van der Waals surface area contributed by atoms with Crippen molar-refractivity contribution in [3.8, 4) is 5.75 Å². The number of nitrogens with zero attached hydrogens (tertiary/aromatic N) is 1. The first-order valence-electron chi connectivity index (χ1n) is 7.33. The summed E-state index contributed by atoms with van der Waals surface area (Å²) in [4.78, 5) is 11.4. The Morgan fingerprint density at radius 2 is 2.00 bits per heavy atom. The first-order valence-corrected chi connectivity index (χ1v) is 7.33. The molecule has 2 aromatic carbocycles. The number of benzene rings is 2. The van der Waals surface area contributed by atoms with Gasteiger partial charge in [-0.25, -0.2) is 9.18 Å². The second kappa shape index (κ2) is 6.12. The molecule has 23 heavy (non-hydrogen) atoms. The maximum atomic E-state index is 13.2. The van der Waals surface area contributed by atoms with E-state index in [1.807, 2.05) is 23.6 Å². The van der Waals surface area contributed by atoms with Gasteiger partial charge in [0.1, 0.15) is 18.2 Å². The van der Waals surface area contributed by atoms with Crippen molar-refractivity contribution in [2.75, 3.05) is 0 Å². The number of aryl methyl sites for hydroxylation is 1. The third kappa shape index (κ3) is 2.90. The highest BCUT2D eigenvalue weighted by Gasteiger charge is 2.15. The quantitative estimate of drug-likeness (QED) is 0.772. The number of carboxylic acids is 1. The van der Waals surface area contributed by atoms with Gasteiger partial charge in [-0.05, 0) is 31.2 Å². The molecule has 0 saturated carbocycles. The van der Waals surface area contributed by atoms with Crippen LogP contribution in [0.5, 0.6) is 5.75 Å². The molecule has 0 amide bonds. The molecule has 5 heteroatoms. The van der Waals surface area contributed by atoms with Gasteiger partial charge in [0.15, 0.2) is 0 Å². The molecule has 118 valence electrons. The van der Waals surface area contributed by atoms with Gasteiger partial charge in [0.25, 0.3) is 0 Å². The summed E-state index contributed by atoms with van der Waals surface area (Å²) < 4.78 is 20.7.